The van der Waals surface area contributed by atoms with Crippen LogP contribution in [0, 0.1) is 5.41 Å². The Bertz CT molecular complexity index is 774. The van der Waals surface area contributed by atoms with Crippen molar-refractivity contribution < 1.29 is 9.59 Å². The highest BCUT2D eigenvalue weighted by atomic mass is 16.2. The molecule has 0 spiro atoms. The zero-order chi connectivity index (χ0) is 18.0. The first-order valence-electron chi connectivity index (χ1n) is 9.29. The molecule has 1 aliphatic heterocycles. The topological polar surface area (TPSA) is 78.1 Å². The first-order chi connectivity index (χ1) is 12.7. The largest absolute Gasteiger partial charge is 0.350 e. The van der Waals surface area contributed by atoms with Gasteiger partial charge in [-0.2, -0.15) is 5.10 Å². The van der Waals surface area contributed by atoms with Crippen LogP contribution in [0.1, 0.15) is 48.2 Å². The third-order valence-corrected chi connectivity index (χ3v) is 5.93. The van der Waals surface area contributed by atoms with Crippen LogP contribution >= 0.6 is 0 Å². The summed E-state index contributed by atoms with van der Waals surface area (Å²) in [6.45, 7) is 1.26. The average Bonchev–Trinajstić information content (AvgIpc) is 3.33. The number of benzene rings is 1. The maximum atomic E-state index is 12.6. The van der Waals surface area contributed by atoms with E-state index >= 15 is 0 Å². The van der Waals surface area contributed by atoms with E-state index in [1.54, 1.807) is 12.3 Å². The van der Waals surface area contributed by atoms with Crippen LogP contribution in [0.25, 0.3) is 0 Å². The quantitative estimate of drug-likeness (QED) is 0.868. The fraction of sp³-hybridized carbons (Fsp3) is 0.450. The van der Waals surface area contributed by atoms with E-state index < -0.39 is 0 Å². The second-order valence-corrected chi connectivity index (χ2v) is 7.43. The first-order valence-corrected chi connectivity index (χ1v) is 9.29. The van der Waals surface area contributed by atoms with Gasteiger partial charge in [-0.05, 0) is 30.9 Å². The highest BCUT2D eigenvalue weighted by molar-refractivity contribution is 5.92. The summed E-state index contributed by atoms with van der Waals surface area (Å²) in [5.41, 5.74) is 1.62. The van der Waals surface area contributed by atoms with Gasteiger partial charge >= 0.3 is 0 Å². The van der Waals surface area contributed by atoms with Crippen molar-refractivity contribution >= 4 is 11.8 Å². The molecule has 136 valence electrons. The fourth-order valence-electron chi connectivity index (χ4n) is 4.58. The van der Waals surface area contributed by atoms with E-state index in [2.05, 4.69) is 27.6 Å². The van der Waals surface area contributed by atoms with Crippen molar-refractivity contribution in [3.8, 4) is 0 Å². The molecule has 1 aromatic heterocycles. The van der Waals surface area contributed by atoms with Gasteiger partial charge in [0, 0.05) is 37.2 Å². The molecule has 26 heavy (non-hydrogen) atoms. The summed E-state index contributed by atoms with van der Waals surface area (Å²) in [6.07, 6.45) is 6.15. The van der Waals surface area contributed by atoms with Crippen LogP contribution in [-0.2, 0) is 11.3 Å². The molecule has 0 bridgehead atoms. The number of hydrogen-bond donors (Lipinski definition) is 2. The molecule has 4 rings (SSSR count). The maximum absolute atomic E-state index is 12.6. The molecule has 2 heterocycles. The number of H-pyrrole nitrogens is 1. The summed E-state index contributed by atoms with van der Waals surface area (Å²) >= 11 is 0. The number of carbonyl (C=O) groups is 2. The number of amides is 2. The van der Waals surface area contributed by atoms with Gasteiger partial charge in [-0.25, -0.2) is 0 Å². The summed E-state index contributed by atoms with van der Waals surface area (Å²) < 4.78 is 0. The van der Waals surface area contributed by atoms with Gasteiger partial charge < -0.3 is 10.2 Å². The SMILES string of the molecule is O=C(NC[C@@]12CCC[C@H]1N(Cc1ccccc1)C(=O)CC2)c1ccn[nH]1. The second-order valence-electron chi connectivity index (χ2n) is 7.43. The molecule has 1 saturated heterocycles. The van der Waals surface area contributed by atoms with Crippen LogP contribution in [-0.4, -0.2) is 39.5 Å². The van der Waals surface area contributed by atoms with Crippen molar-refractivity contribution in [2.75, 3.05) is 6.54 Å². The molecule has 0 radical (unpaired) electrons. The number of fused-ring (bicyclic) bond motifs is 1. The number of carbonyl (C=O) groups excluding carboxylic acids is 2. The lowest BCUT2D eigenvalue weighted by molar-refractivity contribution is -0.142. The van der Waals surface area contributed by atoms with E-state index in [1.165, 1.54) is 0 Å². The Labute approximate surface area is 153 Å². The molecular formula is C20H24N4O2. The van der Waals surface area contributed by atoms with Crippen LogP contribution in [0.3, 0.4) is 0 Å². The van der Waals surface area contributed by atoms with Crippen molar-refractivity contribution in [1.29, 1.82) is 0 Å². The van der Waals surface area contributed by atoms with Crippen LogP contribution in [0.5, 0.6) is 0 Å². The molecule has 2 amide bonds. The van der Waals surface area contributed by atoms with Gasteiger partial charge in [-0.1, -0.05) is 36.8 Å². The second kappa shape index (κ2) is 6.94. The molecule has 2 aromatic rings. The molecule has 2 fully saturated rings. The lowest BCUT2D eigenvalue weighted by Gasteiger charge is -2.46. The zero-order valence-corrected chi connectivity index (χ0v) is 14.8. The Kier molecular flexibility index (Phi) is 4.49. The predicted molar refractivity (Wildman–Crippen MR) is 97.2 cm³/mol. The lowest BCUT2D eigenvalue weighted by atomic mass is 9.74. The summed E-state index contributed by atoms with van der Waals surface area (Å²) in [6, 6.07) is 12.0. The Morgan fingerprint density at radius 3 is 2.88 bits per heavy atom. The van der Waals surface area contributed by atoms with Crippen LogP contribution in [0.15, 0.2) is 42.6 Å². The summed E-state index contributed by atoms with van der Waals surface area (Å²) in [5, 5.41) is 9.60. The molecule has 2 N–H and O–H groups in total. The molecule has 0 unspecified atom stereocenters. The third kappa shape index (κ3) is 3.11. The molecular weight excluding hydrogens is 328 g/mol. The number of aromatic nitrogens is 2. The predicted octanol–water partition coefficient (Wildman–Crippen LogP) is 2.50. The van der Waals surface area contributed by atoms with E-state index in [1.807, 2.05) is 23.1 Å². The summed E-state index contributed by atoms with van der Waals surface area (Å²) in [5.74, 6) is 0.102. The third-order valence-electron chi connectivity index (χ3n) is 5.93. The normalized spacial score (nSPS) is 25.2. The zero-order valence-electron chi connectivity index (χ0n) is 14.8. The number of piperidine rings is 1. The molecule has 1 aliphatic carbocycles. The van der Waals surface area contributed by atoms with E-state index in [9.17, 15) is 9.59 Å². The van der Waals surface area contributed by atoms with Gasteiger partial charge in [0.05, 0.1) is 0 Å². The summed E-state index contributed by atoms with van der Waals surface area (Å²) in [7, 11) is 0. The van der Waals surface area contributed by atoms with E-state index in [-0.39, 0.29) is 23.3 Å². The van der Waals surface area contributed by atoms with Gasteiger partial charge in [0.25, 0.3) is 5.91 Å². The Morgan fingerprint density at radius 2 is 2.12 bits per heavy atom. The Morgan fingerprint density at radius 1 is 1.27 bits per heavy atom. The van der Waals surface area contributed by atoms with Gasteiger partial charge in [-0.15, -0.1) is 0 Å². The molecule has 1 aromatic carbocycles. The Balaban J connectivity index is 1.50. The number of likely N-dealkylation sites (tertiary alicyclic amines) is 1. The number of aromatic amines is 1. The first kappa shape index (κ1) is 16.8. The van der Waals surface area contributed by atoms with Gasteiger partial charge in [0.2, 0.25) is 5.91 Å². The number of hydrogen-bond acceptors (Lipinski definition) is 3. The molecule has 2 aliphatic rings. The lowest BCUT2D eigenvalue weighted by Crippen LogP contribution is -2.55. The smallest absolute Gasteiger partial charge is 0.269 e. The molecule has 2 atom stereocenters. The van der Waals surface area contributed by atoms with Gasteiger partial charge in [0.1, 0.15) is 5.69 Å². The van der Waals surface area contributed by atoms with Gasteiger partial charge in [0.15, 0.2) is 0 Å². The highest BCUT2D eigenvalue weighted by Crippen LogP contribution is 2.48. The van der Waals surface area contributed by atoms with Crippen LogP contribution < -0.4 is 5.32 Å². The van der Waals surface area contributed by atoms with Crippen molar-refractivity contribution in [1.82, 2.24) is 20.4 Å². The van der Waals surface area contributed by atoms with Crippen molar-refractivity contribution in [3.63, 3.8) is 0 Å². The monoisotopic (exact) mass is 352 g/mol. The van der Waals surface area contributed by atoms with E-state index in [0.717, 1.165) is 31.2 Å². The highest BCUT2D eigenvalue weighted by Gasteiger charge is 2.50. The van der Waals surface area contributed by atoms with Crippen molar-refractivity contribution in [3.05, 3.63) is 53.9 Å². The van der Waals surface area contributed by atoms with Crippen LogP contribution in [0.2, 0.25) is 0 Å². The van der Waals surface area contributed by atoms with Gasteiger partial charge in [-0.3, -0.25) is 14.7 Å². The molecule has 6 heteroatoms. The molecule has 6 nitrogen and oxygen atoms in total. The minimum Gasteiger partial charge on any atom is -0.350 e. The minimum absolute atomic E-state index is 0.0155. The van der Waals surface area contributed by atoms with Crippen LogP contribution in [0.4, 0.5) is 0 Å². The van der Waals surface area contributed by atoms with Crippen molar-refractivity contribution in [2.45, 2.75) is 44.7 Å². The average molecular weight is 352 g/mol. The number of rotatable bonds is 5. The van der Waals surface area contributed by atoms with E-state index in [4.69, 9.17) is 0 Å². The minimum atomic E-state index is -0.131. The van der Waals surface area contributed by atoms with Crippen molar-refractivity contribution in [2.24, 2.45) is 5.41 Å². The number of nitrogens with zero attached hydrogens (tertiary/aromatic N) is 2. The maximum Gasteiger partial charge on any atom is 0.269 e. The fourth-order valence-corrected chi connectivity index (χ4v) is 4.58. The van der Waals surface area contributed by atoms with E-state index in [0.29, 0.717) is 25.2 Å². The standard InChI is InChI=1S/C20H24N4O2/c25-18-8-11-20(14-21-19(26)16-9-12-22-23-16)10-4-7-17(20)24(18)13-15-5-2-1-3-6-15/h1-3,5-6,9,12,17H,4,7-8,10-11,13-14H2,(H,21,26)(H,22,23)/t17-,20+/m1/s1. The Hall–Kier alpha value is -2.63. The number of nitrogens with one attached hydrogen (secondary N) is 2. The molecule has 1 saturated carbocycles. The summed E-state index contributed by atoms with van der Waals surface area (Å²) in [4.78, 5) is 27.0.